The Balaban J connectivity index is 3.29. The Bertz CT molecular complexity index is 440. The molecule has 0 atom stereocenters. The number of azide groups is 1. The molecule has 0 N–H and O–H groups in total. The summed E-state index contributed by atoms with van der Waals surface area (Å²) in [5.74, 6) is -0.652. The lowest BCUT2D eigenvalue weighted by Crippen LogP contribution is -1.95. The van der Waals surface area contributed by atoms with Crippen LogP contribution < -0.4 is 0 Å². The molecular weight excluding hydrogens is 269 g/mol. The number of aryl methyl sites for hydroxylation is 1. The third-order valence-corrected chi connectivity index (χ3v) is 2.68. The predicted molar refractivity (Wildman–Crippen MR) is 57.4 cm³/mol. The van der Waals surface area contributed by atoms with Crippen LogP contribution in [-0.2, 0) is 0 Å². The van der Waals surface area contributed by atoms with E-state index in [-0.39, 0.29) is 5.56 Å². The molecule has 0 aliphatic carbocycles. The van der Waals surface area contributed by atoms with Gasteiger partial charge in [-0.25, -0.2) is 0 Å². The second-order valence-electron chi connectivity index (χ2n) is 2.58. The van der Waals surface area contributed by atoms with Crippen molar-refractivity contribution in [3.05, 3.63) is 43.2 Å². The van der Waals surface area contributed by atoms with E-state index in [0.717, 1.165) is 5.56 Å². The summed E-state index contributed by atoms with van der Waals surface area (Å²) in [4.78, 5) is 13.6. The summed E-state index contributed by atoms with van der Waals surface area (Å²) < 4.78 is 0.566. The first kappa shape index (κ1) is 11.0. The highest BCUT2D eigenvalue weighted by Gasteiger charge is 2.10. The van der Waals surface area contributed by atoms with Crippen molar-refractivity contribution in [1.82, 2.24) is 0 Å². The highest BCUT2D eigenvalue weighted by atomic mass is 79.9. The summed E-state index contributed by atoms with van der Waals surface area (Å²) in [6.07, 6.45) is 0. The molecule has 14 heavy (non-hydrogen) atoms. The molecule has 1 aromatic carbocycles. The zero-order valence-electron chi connectivity index (χ0n) is 7.16. The van der Waals surface area contributed by atoms with Gasteiger partial charge < -0.3 is 0 Å². The van der Waals surface area contributed by atoms with E-state index in [9.17, 15) is 4.79 Å². The number of hydrogen-bond acceptors (Lipinski definition) is 1. The first-order valence-corrected chi connectivity index (χ1v) is 4.78. The van der Waals surface area contributed by atoms with Crippen molar-refractivity contribution in [3.63, 3.8) is 0 Å². The smallest absolute Gasteiger partial charge is 0.250 e. The van der Waals surface area contributed by atoms with Crippen LogP contribution in [0.5, 0.6) is 0 Å². The van der Waals surface area contributed by atoms with Crippen LogP contribution in [0.1, 0.15) is 15.9 Å². The maximum Gasteiger partial charge on any atom is 0.250 e. The van der Waals surface area contributed by atoms with Gasteiger partial charge in [0, 0.05) is 20.0 Å². The summed E-state index contributed by atoms with van der Waals surface area (Å²) in [6.45, 7) is 1.81. The van der Waals surface area contributed by atoms with Gasteiger partial charge >= 0.3 is 0 Å². The molecule has 1 rings (SSSR count). The average Bonchev–Trinajstić information content (AvgIpc) is 2.11. The molecule has 0 heterocycles. The summed E-state index contributed by atoms with van der Waals surface area (Å²) in [6, 6.07) is 3.17. The summed E-state index contributed by atoms with van der Waals surface area (Å²) in [7, 11) is 0. The largest absolute Gasteiger partial charge is 0.287 e. The first-order valence-electron chi connectivity index (χ1n) is 3.61. The minimum absolute atomic E-state index is 0.262. The Hall–Kier alpha value is -1.03. The third-order valence-electron chi connectivity index (χ3n) is 1.61. The van der Waals surface area contributed by atoms with Gasteiger partial charge in [0.25, 0.3) is 0 Å². The second-order valence-corrected chi connectivity index (χ2v) is 3.84. The molecular formula is C8H5BrClN3O. The number of carbonyl (C=O) groups excluding carboxylic acids is 1. The van der Waals surface area contributed by atoms with Gasteiger partial charge in [-0.2, -0.15) is 0 Å². The van der Waals surface area contributed by atoms with Crippen LogP contribution in [0.4, 0.5) is 0 Å². The topological polar surface area (TPSA) is 65.8 Å². The molecule has 0 aliphatic heterocycles. The van der Waals surface area contributed by atoms with Crippen LogP contribution in [0.15, 0.2) is 21.7 Å². The van der Waals surface area contributed by atoms with Crippen LogP contribution >= 0.6 is 27.5 Å². The van der Waals surface area contributed by atoms with Crippen molar-refractivity contribution in [2.24, 2.45) is 5.11 Å². The number of benzene rings is 1. The third kappa shape index (κ3) is 2.26. The zero-order chi connectivity index (χ0) is 10.7. The van der Waals surface area contributed by atoms with Gasteiger partial charge in [0.05, 0.1) is 0 Å². The van der Waals surface area contributed by atoms with Gasteiger partial charge in [0.1, 0.15) is 0 Å². The maximum atomic E-state index is 11.2. The molecule has 0 aliphatic rings. The molecule has 1 aromatic rings. The highest BCUT2D eigenvalue weighted by molar-refractivity contribution is 9.10. The Morgan fingerprint density at radius 1 is 1.64 bits per heavy atom. The van der Waals surface area contributed by atoms with E-state index in [1.807, 2.05) is 6.92 Å². The lowest BCUT2D eigenvalue weighted by Gasteiger charge is -2.03. The lowest BCUT2D eigenvalue weighted by molar-refractivity contribution is 0.0999. The van der Waals surface area contributed by atoms with E-state index in [4.69, 9.17) is 17.1 Å². The summed E-state index contributed by atoms with van der Waals surface area (Å²) in [5, 5.41) is 3.44. The number of hydrogen-bond donors (Lipinski definition) is 0. The SMILES string of the molecule is Cc1cc(Br)c(C(=O)N=[N+]=[N-])cc1Cl. The van der Waals surface area contributed by atoms with Crippen molar-refractivity contribution < 1.29 is 4.79 Å². The second kappa shape index (κ2) is 4.46. The molecule has 0 radical (unpaired) electrons. The molecule has 0 aromatic heterocycles. The molecule has 0 fully saturated rings. The first-order chi connectivity index (χ1) is 6.56. The van der Waals surface area contributed by atoms with Crippen molar-refractivity contribution in [3.8, 4) is 0 Å². The number of amides is 1. The number of rotatable bonds is 1. The van der Waals surface area contributed by atoms with Crippen LogP contribution in [0.25, 0.3) is 10.4 Å². The van der Waals surface area contributed by atoms with Crippen molar-refractivity contribution in [1.29, 1.82) is 0 Å². The number of nitrogens with zero attached hydrogens (tertiary/aromatic N) is 3. The van der Waals surface area contributed by atoms with Crippen molar-refractivity contribution in [2.45, 2.75) is 6.92 Å². The quantitative estimate of drug-likeness (QED) is 0.435. The zero-order valence-corrected chi connectivity index (χ0v) is 9.50. The predicted octanol–water partition coefficient (Wildman–Crippen LogP) is 3.86. The normalized spacial score (nSPS) is 9.36. The van der Waals surface area contributed by atoms with Crippen LogP contribution in [0, 0.1) is 6.92 Å². The van der Waals surface area contributed by atoms with E-state index in [0.29, 0.717) is 9.50 Å². The molecule has 6 heteroatoms. The van der Waals surface area contributed by atoms with Gasteiger partial charge in [-0.05, 0) is 35.3 Å². The fourth-order valence-electron chi connectivity index (χ4n) is 0.905. The van der Waals surface area contributed by atoms with E-state index < -0.39 is 5.91 Å². The molecule has 0 saturated heterocycles. The minimum Gasteiger partial charge on any atom is -0.287 e. The molecule has 0 spiro atoms. The Morgan fingerprint density at radius 2 is 2.29 bits per heavy atom. The number of carbonyl (C=O) groups is 1. The van der Waals surface area contributed by atoms with Crippen LogP contribution in [-0.4, -0.2) is 5.91 Å². The van der Waals surface area contributed by atoms with Crippen LogP contribution in [0.3, 0.4) is 0 Å². The van der Waals surface area contributed by atoms with E-state index in [1.165, 1.54) is 6.07 Å². The molecule has 0 bridgehead atoms. The van der Waals surface area contributed by atoms with E-state index >= 15 is 0 Å². The molecule has 0 saturated carbocycles. The lowest BCUT2D eigenvalue weighted by atomic mass is 10.1. The van der Waals surface area contributed by atoms with Crippen molar-refractivity contribution >= 4 is 33.4 Å². The standard InChI is InChI=1S/C8H5BrClN3O/c1-4-2-6(9)5(3-7(4)10)8(14)12-13-11/h2-3H,1H3. The minimum atomic E-state index is -0.652. The average molecular weight is 275 g/mol. The van der Waals surface area contributed by atoms with Crippen molar-refractivity contribution in [2.75, 3.05) is 0 Å². The fourth-order valence-corrected chi connectivity index (χ4v) is 1.70. The Morgan fingerprint density at radius 3 is 2.86 bits per heavy atom. The molecule has 4 nitrogen and oxygen atoms in total. The van der Waals surface area contributed by atoms with Gasteiger partial charge in [0.15, 0.2) is 0 Å². The molecule has 72 valence electrons. The number of halogens is 2. The molecule has 0 unspecified atom stereocenters. The van der Waals surface area contributed by atoms with Gasteiger partial charge in [-0.1, -0.05) is 27.5 Å². The van der Waals surface area contributed by atoms with Gasteiger partial charge in [-0.3, -0.25) is 4.79 Å². The Labute approximate surface area is 93.6 Å². The van der Waals surface area contributed by atoms with Crippen LogP contribution in [0.2, 0.25) is 5.02 Å². The fraction of sp³-hybridized carbons (Fsp3) is 0.125. The van der Waals surface area contributed by atoms with E-state index in [1.54, 1.807) is 6.07 Å². The van der Waals surface area contributed by atoms with Gasteiger partial charge in [0.2, 0.25) is 5.91 Å². The van der Waals surface area contributed by atoms with E-state index in [2.05, 4.69) is 26.0 Å². The highest BCUT2D eigenvalue weighted by Crippen LogP contribution is 2.25. The summed E-state index contributed by atoms with van der Waals surface area (Å²) >= 11 is 9.01. The monoisotopic (exact) mass is 273 g/mol. The Kier molecular flexibility index (Phi) is 3.52. The van der Waals surface area contributed by atoms with Gasteiger partial charge in [-0.15, -0.1) is 0 Å². The molecule has 1 amide bonds. The maximum absolute atomic E-state index is 11.2. The summed E-state index contributed by atoms with van der Waals surface area (Å²) in [5.41, 5.74) is 9.21.